The second-order valence-electron chi connectivity index (χ2n) is 8.32. The van der Waals surface area contributed by atoms with Gasteiger partial charge in [-0.15, -0.1) is 0 Å². The maximum atomic E-state index is 12.7. The topological polar surface area (TPSA) is 137 Å². The van der Waals surface area contributed by atoms with E-state index in [9.17, 15) is 14.4 Å². The lowest BCUT2D eigenvalue weighted by Gasteiger charge is -2.30. The lowest BCUT2D eigenvalue weighted by molar-refractivity contribution is -0.145. The van der Waals surface area contributed by atoms with Gasteiger partial charge in [0.15, 0.2) is 18.3 Å². The number of esters is 2. The lowest BCUT2D eigenvalue weighted by atomic mass is 9.95. The molecule has 3 rings (SSSR count). The minimum absolute atomic E-state index is 0.215. The molecule has 0 radical (unpaired) electrons. The molecule has 0 fully saturated rings. The van der Waals surface area contributed by atoms with Gasteiger partial charge in [0.25, 0.3) is 5.91 Å². The van der Waals surface area contributed by atoms with E-state index in [0.29, 0.717) is 48.0 Å². The summed E-state index contributed by atoms with van der Waals surface area (Å²) in [6, 6.07) is 9.80. The van der Waals surface area contributed by atoms with Gasteiger partial charge in [-0.05, 0) is 88.6 Å². The molecule has 2 aromatic rings. The van der Waals surface area contributed by atoms with Gasteiger partial charge >= 0.3 is 11.9 Å². The number of nitrogens with one attached hydrogen (secondary N) is 3. The van der Waals surface area contributed by atoms with E-state index >= 15 is 0 Å². The van der Waals surface area contributed by atoms with Crippen LogP contribution in [0.2, 0.25) is 0 Å². The molecule has 11 nitrogen and oxygen atoms in total. The van der Waals surface area contributed by atoms with E-state index in [4.69, 9.17) is 31.2 Å². The summed E-state index contributed by atoms with van der Waals surface area (Å²) in [5, 5.41) is 10.4. The zero-order chi connectivity index (χ0) is 29.9. The van der Waals surface area contributed by atoms with Crippen molar-refractivity contribution in [2.75, 3.05) is 26.4 Å². The fraction of sp³-hybridized carbons (Fsp3) is 0.296. The summed E-state index contributed by atoms with van der Waals surface area (Å²) in [4.78, 5) is 36.7. The van der Waals surface area contributed by atoms with Gasteiger partial charge in [0.1, 0.15) is 11.5 Å². The molecule has 1 aliphatic heterocycles. The number of carbonyl (C=O) groups is 3. The van der Waals surface area contributed by atoms with Crippen LogP contribution in [0.15, 0.2) is 61.7 Å². The maximum Gasteiger partial charge on any atom is 0.344 e. The molecule has 1 amide bonds. The van der Waals surface area contributed by atoms with Crippen LogP contribution >= 0.6 is 44.1 Å². The monoisotopic (exact) mass is 710 g/mol. The summed E-state index contributed by atoms with van der Waals surface area (Å²) in [6.07, 6.45) is 1.44. The summed E-state index contributed by atoms with van der Waals surface area (Å²) >= 11 is 12.1. The molecule has 0 aromatic heterocycles. The van der Waals surface area contributed by atoms with Gasteiger partial charge in [-0.2, -0.15) is 5.10 Å². The zero-order valence-electron chi connectivity index (χ0n) is 22.4. The third kappa shape index (κ3) is 9.00. The molecule has 218 valence electrons. The van der Waals surface area contributed by atoms with Crippen LogP contribution in [0, 0.1) is 0 Å². The molecule has 0 saturated carbocycles. The van der Waals surface area contributed by atoms with E-state index in [1.54, 1.807) is 57.2 Å². The predicted octanol–water partition coefficient (Wildman–Crippen LogP) is 4.04. The number of nitrogens with zero attached hydrogens (tertiary/aromatic N) is 1. The average Bonchev–Trinajstić information content (AvgIpc) is 2.91. The van der Waals surface area contributed by atoms with Gasteiger partial charge in [0.2, 0.25) is 0 Å². The highest BCUT2D eigenvalue weighted by atomic mass is 79.9. The molecular weight excluding hydrogens is 684 g/mol. The molecule has 0 spiro atoms. The van der Waals surface area contributed by atoms with E-state index in [2.05, 4.69) is 53.0 Å². The van der Waals surface area contributed by atoms with Crippen LogP contribution in [0.25, 0.3) is 0 Å². The second-order valence-corrected chi connectivity index (χ2v) is 10.4. The van der Waals surface area contributed by atoms with Crippen molar-refractivity contribution in [2.45, 2.75) is 26.8 Å². The highest BCUT2D eigenvalue weighted by Crippen LogP contribution is 2.35. The van der Waals surface area contributed by atoms with Crippen LogP contribution in [0.5, 0.6) is 11.5 Å². The Labute approximate surface area is 259 Å². The third-order valence-electron chi connectivity index (χ3n) is 5.42. The number of hydrogen-bond donors (Lipinski definition) is 3. The number of amides is 1. The standard InChI is InChI=1S/C27H28Br2N4O7S/c1-4-37-22(35)14-40-25-18(28)10-16(11-19(25)29)12-30-33-21(34)13-39-20-9-7-6-8-17(20)24-23(26(36)38-5-2)15(3)31-27(41)32-24/h6-12,24H,4-5,13-14H2,1-3H3,(H,33,34)(H2,31,32,41)/t24-/m0/s1. The number of ether oxygens (including phenoxy) is 4. The number of hydrazone groups is 1. The number of halogens is 2. The van der Waals surface area contributed by atoms with Gasteiger partial charge in [0.05, 0.1) is 40.0 Å². The predicted molar refractivity (Wildman–Crippen MR) is 163 cm³/mol. The van der Waals surface area contributed by atoms with Crippen molar-refractivity contribution in [3.8, 4) is 11.5 Å². The first kappa shape index (κ1) is 32.0. The summed E-state index contributed by atoms with van der Waals surface area (Å²) in [5.74, 6) is -0.668. The molecule has 0 unspecified atom stereocenters. The summed E-state index contributed by atoms with van der Waals surface area (Å²) in [5.41, 5.74) is 4.59. The summed E-state index contributed by atoms with van der Waals surface area (Å²) in [6.45, 7) is 5.08. The SMILES string of the molecule is CCOC(=O)COc1c(Br)cc(C=NNC(=O)COc2ccccc2[C@@H]2NC(=S)NC(C)=C2C(=O)OCC)cc1Br. The van der Waals surface area contributed by atoms with Gasteiger partial charge in [0, 0.05) is 11.3 Å². The fourth-order valence-corrected chi connectivity index (χ4v) is 5.46. The van der Waals surface area contributed by atoms with Crippen LogP contribution in [0.4, 0.5) is 0 Å². The normalized spacial score (nSPS) is 14.7. The molecule has 2 aromatic carbocycles. The Morgan fingerprint density at radius 1 is 1.05 bits per heavy atom. The van der Waals surface area contributed by atoms with E-state index in [1.165, 1.54) is 6.21 Å². The zero-order valence-corrected chi connectivity index (χ0v) is 26.4. The van der Waals surface area contributed by atoms with Gasteiger partial charge in [-0.25, -0.2) is 15.0 Å². The van der Waals surface area contributed by atoms with Crippen molar-refractivity contribution < 1.29 is 33.3 Å². The number of hydrogen-bond acceptors (Lipinski definition) is 9. The number of thiocarbonyl (C=S) groups is 1. The minimum Gasteiger partial charge on any atom is -0.483 e. The van der Waals surface area contributed by atoms with E-state index in [-0.39, 0.29) is 26.4 Å². The first-order chi connectivity index (χ1) is 19.6. The third-order valence-corrected chi connectivity index (χ3v) is 6.81. The molecule has 0 aliphatic carbocycles. The first-order valence-electron chi connectivity index (χ1n) is 12.4. The van der Waals surface area contributed by atoms with Gasteiger partial charge in [-0.1, -0.05) is 18.2 Å². The Morgan fingerprint density at radius 2 is 1.73 bits per heavy atom. The quantitative estimate of drug-likeness (QED) is 0.128. The maximum absolute atomic E-state index is 12.7. The van der Waals surface area contributed by atoms with Crippen LogP contribution < -0.4 is 25.5 Å². The van der Waals surface area contributed by atoms with Crippen molar-refractivity contribution >= 4 is 73.3 Å². The molecule has 14 heteroatoms. The van der Waals surface area contributed by atoms with Crippen LogP contribution in [-0.4, -0.2) is 55.6 Å². The van der Waals surface area contributed by atoms with E-state index in [1.807, 2.05) is 0 Å². The Morgan fingerprint density at radius 3 is 2.41 bits per heavy atom. The smallest absolute Gasteiger partial charge is 0.344 e. The number of para-hydroxylation sites is 1. The van der Waals surface area contributed by atoms with Crippen molar-refractivity contribution in [3.05, 3.63) is 67.7 Å². The number of allylic oxidation sites excluding steroid dienone is 1. The fourth-order valence-electron chi connectivity index (χ4n) is 3.74. The average molecular weight is 712 g/mol. The Bertz CT molecular complexity index is 1360. The van der Waals surface area contributed by atoms with Gasteiger partial charge < -0.3 is 29.6 Å². The summed E-state index contributed by atoms with van der Waals surface area (Å²) < 4.78 is 22.5. The van der Waals surface area contributed by atoms with Crippen LogP contribution in [0.1, 0.15) is 37.9 Å². The molecular formula is C27H28Br2N4O7S. The summed E-state index contributed by atoms with van der Waals surface area (Å²) in [7, 11) is 0. The number of rotatable bonds is 12. The van der Waals surface area contributed by atoms with Crippen molar-refractivity contribution in [3.63, 3.8) is 0 Å². The van der Waals surface area contributed by atoms with Crippen molar-refractivity contribution in [2.24, 2.45) is 5.10 Å². The van der Waals surface area contributed by atoms with E-state index < -0.39 is 23.9 Å². The van der Waals surface area contributed by atoms with E-state index in [0.717, 1.165) is 0 Å². The molecule has 3 N–H and O–H groups in total. The molecule has 1 aliphatic rings. The molecule has 41 heavy (non-hydrogen) atoms. The molecule has 1 atom stereocenters. The van der Waals surface area contributed by atoms with Gasteiger partial charge in [-0.3, -0.25) is 4.79 Å². The highest BCUT2D eigenvalue weighted by Gasteiger charge is 2.32. The Balaban J connectivity index is 1.64. The van der Waals surface area contributed by atoms with Crippen molar-refractivity contribution in [1.29, 1.82) is 0 Å². The lowest BCUT2D eigenvalue weighted by Crippen LogP contribution is -2.45. The minimum atomic E-state index is -0.638. The van der Waals surface area contributed by atoms with Crippen LogP contribution in [-0.2, 0) is 23.9 Å². The molecule has 0 saturated heterocycles. The Hall–Kier alpha value is -3.49. The van der Waals surface area contributed by atoms with Crippen molar-refractivity contribution in [1.82, 2.24) is 16.1 Å². The highest BCUT2D eigenvalue weighted by molar-refractivity contribution is 9.11. The Kier molecular flexibility index (Phi) is 12.1. The number of carbonyl (C=O) groups excluding carboxylic acids is 3. The number of benzene rings is 2. The largest absolute Gasteiger partial charge is 0.483 e. The first-order valence-corrected chi connectivity index (χ1v) is 14.4. The molecule has 0 bridgehead atoms. The second kappa shape index (κ2) is 15.5. The molecule has 1 heterocycles. The van der Waals surface area contributed by atoms with Crippen LogP contribution in [0.3, 0.4) is 0 Å².